The second-order valence-corrected chi connectivity index (χ2v) is 5.52. The average molecular weight is 266 g/mol. The highest BCUT2D eigenvalue weighted by Crippen LogP contribution is 2.21. The first kappa shape index (κ1) is 14.0. The fourth-order valence-corrected chi connectivity index (χ4v) is 2.98. The number of hydrogen-bond acceptors (Lipinski definition) is 3. The maximum atomic E-state index is 12.5. The molecule has 19 heavy (non-hydrogen) atoms. The highest BCUT2D eigenvalue weighted by atomic mass is 16.2. The quantitative estimate of drug-likeness (QED) is 0.811. The number of carbonyl (C=O) groups excluding carboxylic acids is 3. The van der Waals surface area contributed by atoms with E-state index in [1.165, 1.54) is 0 Å². The summed E-state index contributed by atoms with van der Waals surface area (Å²) < 4.78 is 0. The highest BCUT2D eigenvalue weighted by molar-refractivity contribution is 5.92. The van der Waals surface area contributed by atoms with Gasteiger partial charge in [-0.2, -0.15) is 0 Å². The molecule has 2 atom stereocenters. The summed E-state index contributed by atoms with van der Waals surface area (Å²) in [5.41, 5.74) is 0. The predicted molar refractivity (Wildman–Crippen MR) is 70.4 cm³/mol. The number of Topliss-reactive ketones (excluding diaryl/α,β-unsaturated/α-hetero) is 1. The average Bonchev–Trinajstić information content (AvgIpc) is 2.62. The van der Waals surface area contributed by atoms with Gasteiger partial charge in [-0.15, -0.1) is 0 Å². The fourth-order valence-electron chi connectivity index (χ4n) is 2.98. The molecule has 2 rings (SSSR count). The third-order valence-corrected chi connectivity index (χ3v) is 4.04. The smallest absolute Gasteiger partial charge is 0.245 e. The SMILES string of the molecule is CC(=O)[C@@H]1CCCCN1C(=O)[C@@H]1CCCCC(=O)N1. The van der Waals surface area contributed by atoms with Crippen LogP contribution in [0.4, 0.5) is 0 Å². The van der Waals surface area contributed by atoms with E-state index in [4.69, 9.17) is 0 Å². The Morgan fingerprint density at radius 3 is 2.63 bits per heavy atom. The van der Waals surface area contributed by atoms with Gasteiger partial charge in [-0.25, -0.2) is 0 Å². The zero-order chi connectivity index (χ0) is 13.8. The van der Waals surface area contributed by atoms with Crippen LogP contribution in [0, 0.1) is 0 Å². The number of carbonyl (C=O) groups is 3. The summed E-state index contributed by atoms with van der Waals surface area (Å²) in [6.07, 6.45) is 5.59. The van der Waals surface area contributed by atoms with Gasteiger partial charge in [0.15, 0.2) is 5.78 Å². The number of rotatable bonds is 2. The Balaban J connectivity index is 2.07. The van der Waals surface area contributed by atoms with Crippen molar-refractivity contribution in [3.63, 3.8) is 0 Å². The molecule has 0 aromatic heterocycles. The topological polar surface area (TPSA) is 66.5 Å². The minimum Gasteiger partial charge on any atom is -0.344 e. The van der Waals surface area contributed by atoms with Gasteiger partial charge >= 0.3 is 0 Å². The molecule has 0 unspecified atom stereocenters. The van der Waals surface area contributed by atoms with Crippen LogP contribution in [-0.2, 0) is 14.4 Å². The van der Waals surface area contributed by atoms with Gasteiger partial charge in [-0.1, -0.05) is 6.42 Å². The summed E-state index contributed by atoms with van der Waals surface area (Å²) in [6.45, 7) is 2.18. The van der Waals surface area contributed by atoms with Crippen LogP contribution in [0.2, 0.25) is 0 Å². The second-order valence-electron chi connectivity index (χ2n) is 5.52. The Morgan fingerprint density at radius 1 is 1.16 bits per heavy atom. The van der Waals surface area contributed by atoms with Gasteiger partial charge in [0, 0.05) is 13.0 Å². The van der Waals surface area contributed by atoms with Crippen molar-refractivity contribution in [2.75, 3.05) is 6.54 Å². The van der Waals surface area contributed by atoms with Crippen LogP contribution >= 0.6 is 0 Å². The first-order valence-electron chi connectivity index (χ1n) is 7.20. The second kappa shape index (κ2) is 6.17. The molecule has 5 heteroatoms. The van der Waals surface area contributed by atoms with E-state index in [1.54, 1.807) is 11.8 Å². The summed E-state index contributed by atoms with van der Waals surface area (Å²) in [5, 5.41) is 2.79. The number of amides is 2. The van der Waals surface area contributed by atoms with Gasteiger partial charge in [0.2, 0.25) is 11.8 Å². The minimum atomic E-state index is -0.435. The van der Waals surface area contributed by atoms with Gasteiger partial charge < -0.3 is 10.2 Å². The van der Waals surface area contributed by atoms with Crippen LogP contribution in [0.1, 0.15) is 51.9 Å². The molecule has 0 saturated carbocycles. The van der Waals surface area contributed by atoms with Gasteiger partial charge in [0.05, 0.1) is 6.04 Å². The molecule has 2 saturated heterocycles. The molecule has 2 aliphatic heterocycles. The van der Waals surface area contributed by atoms with Gasteiger partial charge in [0.25, 0.3) is 0 Å². The van der Waals surface area contributed by atoms with E-state index in [9.17, 15) is 14.4 Å². The molecule has 1 N–H and O–H groups in total. The van der Waals surface area contributed by atoms with E-state index >= 15 is 0 Å². The normalized spacial score (nSPS) is 28.5. The van der Waals surface area contributed by atoms with Crippen molar-refractivity contribution in [1.29, 1.82) is 0 Å². The molecule has 0 aromatic carbocycles. The van der Waals surface area contributed by atoms with Gasteiger partial charge in [0.1, 0.15) is 6.04 Å². The molecule has 2 aliphatic rings. The van der Waals surface area contributed by atoms with Crippen molar-refractivity contribution in [2.24, 2.45) is 0 Å². The van der Waals surface area contributed by atoms with Crippen molar-refractivity contribution >= 4 is 17.6 Å². The largest absolute Gasteiger partial charge is 0.344 e. The Labute approximate surface area is 113 Å². The number of piperidine rings is 1. The maximum absolute atomic E-state index is 12.5. The molecule has 0 aromatic rings. The fraction of sp³-hybridized carbons (Fsp3) is 0.786. The first-order chi connectivity index (χ1) is 9.09. The summed E-state index contributed by atoms with van der Waals surface area (Å²) in [6, 6.07) is -0.726. The van der Waals surface area contributed by atoms with Crippen molar-refractivity contribution < 1.29 is 14.4 Å². The van der Waals surface area contributed by atoms with Crippen molar-refractivity contribution in [3.05, 3.63) is 0 Å². The van der Waals surface area contributed by atoms with E-state index in [-0.39, 0.29) is 23.6 Å². The summed E-state index contributed by atoms with van der Waals surface area (Å²) >= 11 is 0. The Bertz CT molecular complexity index is 381. The zero-order valence-corrected chi connectivity index (χ0v) is 11.5. The van der Waals surface area contributed by atoms with Gasteiger partial charge in [-0.05, 0) is 39.0 Å². The van der Waals surface area contributed by atoms with Crippen LogP contribution in [0.25, 0.3) is 0 Å². The molecule has 2 heterocycles. The summed E-state index contributed by atoms with van der Waals surface area (Å²) in [7, 11) is 0. The first-order valence-corrected chi connectivity index (χ1v) is 7.20. The predicted octanol–water partition coefficient (Wildman–Crippen LogP) is 1.02. The molecule has 0 aliphatic carbocycles. The Morgan fingerprint density at radius 2 is 1.89 bits per heavy atom. The Hall–Kier alpha value is -1.39. The Kier molecular flexibility index (Phi) is 4.56. The molecule has 106 valence electrons. The van der Waals surface area contributed by atoms with Crippen LogP contribution in [-0.4, -0.2) is 41.1 Å². The van der Waals surface area contributed by atoms with Crippen LogP contribution in [0.5, 0.6) is 0 Å². The van der Waals surface area contributed by atoms with E-state index < -0.39 is 6.04 Å². The molecule has 5 nitrogen and oxygen atoms in total. The number of nitrogens with one attached hydrogen (secondary N) is 1. The zero-order valence-electron chi connectivity index (χ0n) is 11.5. The highest BCUT2D eigenvalue weighted by Gasteiger charge is 2.34. The molecule has 0 radical (unpaired) electrons. The third kappa shape index (κ3) is 3.33. The minimum absolute atomic E-state index is 0.0489. The lowest BCUT2D eigenvalue weighted by Crippen LogP contribution is -2.54. The summed E-state index contributed by atoms with van der Waals surface area (Å²) in [4.78, 5) is 37.4. The molecule has 0 bridgehead atoms. The maximum Gasteiger partial charge on any atom is 0.245 e. The van der Waals surface area contributed by atoms with Crippen LogP contribution in [0.15, 0.2) is 0 Å². The summed E-state index contributed by atoms with van der Waals surface area (Å²) in [5.74, 6) is -0.0737. The third-order valence-electron chi connectivity index (χ3n) is 4.04. The van der Waals surface area contributed by atoms with Gasteiger partial charge in [-0.3, -0.25) is 14.4 Å². The van der Waals surface area contributed by atoms with Crippen molar-refractivity contribution in [3.8, 4) is 0 Å². The number of nitrogens with zero attached hydrogens (tertiary/aromatic N) is 1. The van der Waals surface area contributed by atoms with Crippen LogP contribution < -0.4 is 5.32 Å². The van der Waals surface area contributed by atoms with Crippen molar-refractivity contribution in [2.45, 2.75) is 64.0 Å². The molecular weight excluding hydrogens is 244 g/mol. The lowest BCUT2D eigenvalue weighted by atomic mass is 9.97. The van der Waals surface area contributed by atoms with E-state index in [2.05, 4.69) is 5.32 Å². The number of likely N-dealkylation sites (tertiary alicyclic amines) is 1. The molecule has 2 amide bonds. The molecule has 0 spiro atoms. The number of ketones is 1. The molecule has 2 fully saturated rings. The molecular formula is C14H22N2O3. The van der Waals surface area contributed by atoms with E-state index in [0.29, 0.717) is 19.4 Å². The van der Waals surface area contributed by atoms with E-state index in [1.807, 2.05) is 0 Å². The lowest BCUT2D eigenvalue weighted by molar-refractivity contribution is -0.143. The lowest BCUT2D eigenvalue weighted by Gasteiger charge is -2.36. The standard InChI is InChI=1S/C14H22N2O3/c1-10(17)12-7-4-5-9-16(12)14(19)11-6-2-3-8-13(18)15-11/h11-12H,2-9H2,1H3,(H,15,18)/t11-,12-/m0/s1. The van der Waals surface area contributed by atoms with E-state index in [0.717, 1.165) is 32.1 Å². The van der Waals surface area contributed by atoms with Crippen LogP contribution in [0.3, 0.4) is 0 Å². The number of hydrogen-bond donors (Lipinski definition) is 1. The van der Waals surface area contributed by atoms with Crippen molar-refractivity contribution in [1.82, 2.24) is 10.2 Å². The monoisotopic (exact) mass is 266 g/mol.